The molecular formula is C20H31IN4O2S. The lowest BCUT2D eigenvalue weighted by Crippen LogP contribution is -2.39. The highest BCUT2D eigenvalue weighted by Crippen LogP contribution is 2.20. The number of ether oxygens (including phenoxy) is 1. The van der Waals surface area contributed by atoms with Crippen LogP contribution < -0.4 is 15.4 Å². The van der Waals surface area contributed by atoms with Gasteiger partial charge in [-0.1, -0.05) is 19.1 Å². The number of rotatable bonds is 9. The van der Waals surface area contributed by atoms with E-state index in [1.807, 2.05) is 50.4 Å². The van der Waals surface area contributed by atoms with E-state index in [4.69, 9.17) is 4.74 Å². The molecule has 156 valence electrons. The van der Waals surface area contributed by atoms with E-state index in [1.54, 1.807) is 11.3 Å². The van der Waals surface area contributed by atoms with Crippen LogP contribution in [0, 0.1) is 0 Å². The molecule has 0 fully saturated rings. The first-order valence-electron chi connectivity index (χ1n) is 9.41. The van der Waals surface area contributed by atoms with Gasteiger partial charge in [-0.25, -0.2) is 9.98 Å². The molecule has 0 aliphatic rings. The fourth-order valence-electron chi connectivity index (χ4n) is 2.46. The molecule has 2 rings (SSSR count). The maximum absolute atomic E-state index is 10.5. The molecule has 28 heavy (non-hydrogen) atoms. The highest BCUT2D eigenvalue weighted by molar-refractivity contribution is 14.0. The number of nitrogens with one attached hydrogen (secondary N) is 2. The second-order valence-electron chi connectivity index (χ2n) is 6.42. The van der Waals surface area contributed by atoms with Crippen molar-refractivity contribution in [3.8, 4) is 5.75 Å². The molecule has 0 amide bonds. The van der Waals surface area contributed by atoms with Crippen LogP contribution in [0.25, 0.3) is 0 Å². The third-order valence-corrected chi connectivity index (χ3v) is 4.76. The van der Waals surface area contributed by atoms with Gasteiger partial charge in [0.25, 0.3) is 0 Å². The summed E-state index contributed by atoms with van der Waals surface area (Å²) in [6, 6.07) is 7.56. The summed E-state index contributed by atoms with van der Waals surface area (Å²) >= 11 is 1.66. The number of aliphatic hydroxyl groups excluding tert-OH is 1. The Kier molecular flexibility index (Phi) is 11.4. The molecule has 3 N–H and O–H groups in total. The van der Waals surface area contributed by atoms with Gasteiger partial charge in [0.05, 0.1) is 29.5 Å². The SMILES string of the molecule is CCNC(=NCc1csc(CC)n1)NCC(O)c1cccc(OC(C)C)c1.I. The van der Waals surface area contributed by atoms with Crippen molar-refractivity contribution in [2.75, 3.05) is 13.1 Å². The monoisotopic (exact) mass is 518 g/mol. The quantitative estimate of drug-likeness (QED) is 0.267. The molecule has 0 saturated carbocycles. The molecule has 2 aromatic rings. The Morgan fingerprint density at radius 2 is 2.07 bits per heavy atom. The largest absolute Gasteiger partial charge is 0.491 e. The zero-order valence-electron chi connectivity index (χ0n) is 16.9. The van der Waals surface area contributed by atoms with Crippen molar-refractivity contribution in [1.29, 1.82) is 0 Å². The van der Waals surface area contributed by atoms with Crippen molar-refractivity contribution in [2.45, 2.75) is 52.9 Å². The van der Waals surface area contributed by atoms with Crippen LogP contribution >= 0.6 is 35.3 Å². The minimum absolute atomic E-state index is 0. The van der Waals surface area contributed by atoms with Gasteiger partial charge in [-0.05, 0) is 44.9 Å². The number of aliphatic hydroxyl groups is 1. The van der Waals surface area contributed by atoms with E-state index >= 15 is 0 Å². The summed E-state index contributed by atoms with van der Waals surface area (Å²) in [6.45, 7) is 9.69. The van der Waals surface area contributed by atoms with Crippen LogP contribution in [-0.4, -0.2) is 35.2 Å². The third-order valence-electron chi connectivity index (χ3n) is 3.72. The number of halogens is 1. The molecule has 0 bridgehead atoms. The first kappa shape index (κ1) is 24.6. The number of aromatic nitrogens is 1. The second-order valence-corrected chi connectivity index (χ2v) is 7.36. The highest BCUT2D eigenvalue weighted by Gasteiger charge is 2.10. The normalized spacial score (nSPS) is 12.4. The van der Waals surface area contributed by atoms with E-state index in [-0.39, 0.29) is 30.1 Å². The van der Waals surface area contributed by atoms with Crippen molar-refractivity contribution >= 4 is 41.3 Å². The Bertz CT molecular complexity index is 737. The zero-order chi connectivity index (χ0) is 19.6. The lowest BCUT2D eigenvalue weighted by Gasteiger charge is -2.17. The lowest BCUT2D eigenvalue weighted by atomic mass is 10.1. The van der Waals surface area contributed by atoms with Gasteiger partial charge in [0.2, 0.25) is 0 Å². The topological polar surface area (TPSA) is 78.8 Å². The maximum Gasteiger partial charge on any atom is 0.191 e. The number of nitrogens with zero attached hydrogens (tertiary/aromatic N) is 2. The van der Waals surface area contributed by atoms with Crippen LogP contribution in [0.2, 0.25) is 0 Å². The zero-order valence-corrected chi connectivity index (χ0v) is 20.1. The van der Waals surface area contributed by atoms with Gasteiger partial charge in [-0.2, -0.15) is 0 Å². The standard InChI is InChI=1S/C20H30N4O2S.HI/c1-5-19-24-16(13-27-19)11-22-20(21-6-2)23-12-18(25)15-8-7-9-17(10-15)26-14(3)4;/h7-10,13-14,18,25H,5-6,11-12H2,1-4H3,(H2,21,22,23);1H. The van der Waals surface area contributed by atoms with Crippen molar-refractivity contribution in [1.82, 2.24) is 15.6 Å². The van der Waals surface area contributed by atoms with E-state index < -0.39 is 6.10 Å². The van der Waals surface area contributed by atoms with Crippen molar-refractivity contribution in [3.63, 3.8) is 0 Å². The second kappa shape index (κ2) is 12.9. The van der Waals surface area contributed by atoms with Gasteiger partial charge in [0, 0.05) is 18.5 Å². The van der Waals surface area contributed by atoms with Crippen molar-refractivity contribution < 1.29 is 9.84 Å². The Balaban J connectivity index is 0.00000392. The maximum atomic E-state index is 10.5. The Labute approximate surface area is 188 Å². The van der Waals surface area contributed by atoms with Crippen molar-refractivity contribution in [3.05, 3.63) is 45.9 Å². The van der Waals surface area contributed by atoms with Gasteiger partial charge in [0.15, 0.2) is 5.96 Å². The smallest absolute Gasteiger partial charge is 0.191 e. The number of aliphatic imine (C=N–C) groups is 1. The molecule has 1 aromatic heterocycles. The molecular weight excluding hydrogens is 487 g/mol. The lowest BCUT2D eigenvalue weighted by molar-refractivity contribution is 0.179. The number of guanidine groups is 1. The fourth-order valence-corrected chi connectivity index (χ4v) is 3.20. The van der Waals surface area contributed by atoms with Gasteiger partial charge in [0.1, 0.15) is 5.75 Å². The van der Waals surface area contributed by atoms with Crippen LogP contribution in [0.15, 0.2) is 34.6 Å². The summed E-state index contributed by atoms with van der Waals surface area (Å²) in [5.41, 5.74) is 1.77. The average molecular weight is 518 g/mol. The molecule has 6 nitrogen and oxygen atoms in total. The highest BCUT2D eigenvalue weighted by atomic mass is 127. The summed E-state index contributed by atoms with van der Waals surface area (Å²) < 4.78 is 5.69. The molecule has 0 aliphatic carbocycles. The molecule has 0 radical (unpaired) electrons. The van der Waals surface area contributed by atoms with E-state index in [2.05, 4.69) is 27.5 Å². The van der Waals surface area contributed by atoms with E-state index in [9.17, 15) is 5.11 Å². The number of benzene rings is 1. The van der Waals surface area contributed by atoms with Crippen LogP contribution in [0.5, 0.6) is 5.75 Å². The summed E-state index contributed by atoms with van der Waals surface area (Å²) in [5.74, 6) is 1.43. The molecule has 0 saturated heterocycles. The number of thiazole rings is 1. The van der Waals surface area contributed by atoms with E-state index in [1.165, 1.54) is 0 Å². The average Bonchev–Trinajstić information content (AvgIpc) is 3.11. The summed E-state index contributed by atoms with van der Waals surface area (Å²) in [4.78, 5) is 9.09. The molecule has 1 atom stereocenters. The molecule has 0 spiro atoms. The minimum Gasteiger partial charge on any atom is -0.491 e. The fraction of sp³-hybridized carbons (Fsp3) is 0.500. The number of hydrogen-bond donors (Lipinski definition) is 3. The molecule has 1 aromatic carbocycles. The first-order valence-corrected chi connectivity index (χ1v) is 10.3. The number of aryl methyl sites for hydroxylation is 1. The predicted molar refractivity (Wildman–Crippen MR) is 127 cm³/mol. The van der Waals surface area contributed by atoms with Gasteiger partial charge in [-0.3, -0.25) is 0 Å². The third kappa shape index (κ3) is 8.32. The number of hydrogen-bond acceptors (Lipinski definition) is 5. The van der Waals surface area contributed by atoms with Gasteiger partial charge >= 0.3 is 0 Å². The van der Waals surface area contributed by atoms with E-state index in [0.717, 1.165) is 35.0 Å². The van der Waals surface area contributed by atoms with Gasteiger partial charge < -0.3 is 20.5 Å². The minimum atomic E-state index is -0.657. The molecule has 1 unspecified atom stereocenters. The Morgan fingerprint density at radius 3 is 2.71 bits per heavy atom. The van der Waals surface area contributed by atoms with E-state index in [0.29, 0.717) is 19.0 Å². The molecule has 0 aliphatic heterocycles. The predicted octanol–water partition coefficient (Wildman–Crippen LogP) is 3.90. The van der Waals surface area contributed by atoms with Crippen molar-refractivity contribution in [2.24, 2.45) is 4.99 Å². The van der Waals surface area contributed by atoms with Crippen LogP contribution in [0.1, 0.15) is 50.1 Å². The first-order chi connectivity index (χ1) is 13.0. The summed E-state index contributed by atoms with van der Waals surface area (Å²) in [7, 11) is 0. The Hall–Kier alpha value is -1.39. The summed E-state index contributed by atoms with van der Waals surface area (Å²) in [5, 5.41) is 20.1. The van der Waals surface area contributed by atoms with Crippen LogP contribution in [0.3, 0.4) is 0 Å². The van der Waals surface area contributed by atoms with Crippen LogP contribution in [-0.2, 0) is 13.0 Å². The Morgan fingerprint density at radius 1 is 1.29 bits per heavy atom. The molecule has 1 heterocycles. The summed E-state index contributed by atoms with van der Waals surface area (Å²) in [6.07, 6.45) is 0.385. The van der Waals surface area contributed by atoms with Crippen LogP contribution in [0.4, 0.5) is 0 Å². The molecule has 8 heteroatoms. The van der Waals surface area contributed by atoms with Gasteiger partial charge in [-0.15, -0.1) is 35.3 Å².